The first-order valence-electron chi connectivity index (χ1n) is 7.27. The van der Waals surface area contributed by atoms with E-state index in [4.69, 9.17) is 0 Å². The molecule has 0 aromatic heterocycles. The van der Waals surface area contributed by atoms with Crippen LogP contribution in [0.4, 0.5) is 0 Å². The number of aliphatic carboxylic acids is 1. The van der Waals surface area contributed by atoms with E-state index in [2.05, 4.69) is 10.1 Å². The molecule has 21 heavy (non-hydrogen) atoms. The Morgan fingerprint density at radius 3 is 2.38 bits per heavy atom. The molecule has 3 aliphatic carbocycles. The molecule has 4 atom stereocenters. The lowest BCUT2D eigenvalue weighted by molar-refractivity contribution is -0.148. The van der Waals surface area contributed by atoms with Crippen molar-refractivity contribution in [3.63, 3.8) is 0 Å². The predicted molar refractivity (Wildman–Crippen MR) is 72.0 cm³/mol. The smallest absolute Gasteiger partial charge is 0.307 e. The number of hydrogen-bond acceptors (Lipinski definition) is 4. The molecule has 0 aliphatic heterocycles. The first kappa shape index (κ1) is 14.1. The summed E-state index contributed by atoms with van der Waals surface area (Å²) < 4.78 is 4.51. The minimum absolute atomic E-state index is 0.0173. The highest BCUT2D eigenvalue weighted by Gasteiger charge is 2.69. The Bertz CT molecular complexity index is 522. The van der Waals surface area contributed by atoms with Crippen LogP contribution in [-0.4, -0.2) is 36.6 Å². The van der Waals surface area contributed by atoms with Gasteiger partial charge in [0.1, 0.15) is 0 Å². The van der Waals surface area contributed by atoms with Crippen molar-refractivity contribution >= 4 is 17.8 Å². The van der Waals surface area contributed by atoms with Crippen LogP contribution in [0.3, 0.4) is 0 Å². The van der Waals surface area contributed by atoms with E-state index < -0.39 is 23.8 Å². The SMILES string of the molecule is COC(=O)CCNC(=O)[C@H]1[C@H](C(=O)O)[C@@H]2C=C[C@H]1C21CC1. The van der Waals surface area contributed by atoms with E-state index in [1.807, 2.05) is 12.2 Å². The summed E-state index contributed by atoms with van der Waals surface area (Å²) in [5, 5.41) is 12.2. The van der Waals surface area contributed by atoms with Crippen molar-refractivity contribution in [3.05, 3.63) is 12.2 Å². The highest BCUT2D eigenvalue weighted by Crippen LogP contribution is 2.71. The standard InChI is InChI=1S/C15H19NO5/c1-21-10(17)4-7-16-13(18)11-8-2-3-9(12(11)14(19)20)15(8)5-6-15/h2-3,8-9,11-12H,4-7H2,1H3,(H,16,18)(H,19,20)/t8-,9+,11-,12-/m1/s1. The Labute approximate surface area is 122 Å². The summed E-state index contributed by atoms with van der Waals surface area (Å²) in [7, 11) is 1.29. The van der Waals surface area contributed by atoms with Gasteiger partial charge in [-0.2, -0.15) is 0 Å². The quantitative estimate of drug-likeness (QED) is 0.571. The molecule has 0 saturated heterocycles. The molecule has 0 heterocycles. The van der Waals surface area contributed by atoms with Crippen molar-refractivity contribution < 1.29 is 24.2 Å². The minimum Gasteiger partial charge on any atom is -0.481 e. The zero-order valence-electron chi connectivity index (χ0n) is 11.9. The number of nitrogens with one attached hydrogen (secondary N) is 1. The molecule has 0 aromatic rings. The zero-order chi connectivity index (χ0) is 15.2. The number of esters is 1. The van der Waals surface area contributed by atoms with Crippen molar-refractivity contribution in [3.8, 4) is 0 Å². The van der Waals surface area contributed by atoms with Gasteiger partial charge < -0.3 is 15.2 Å². The second-order valence-corrected chi connectivity index (χ2v) is 6.18. The number of amides is 1. The van der Waals surface area contributed by atoms with Gasteiger partial charge in [-0.1, -0.05) is 12.2 Å². The number of rotatable bonds is 5. The van der Waals surface area contributed by atoms with Gasteiger partial charge in [-0.15, -0.1) is 0 Å². The second-order valence-electron chi connectivity index (χ2n) is 6.18. The number of carboxylic acid groups (broad SMARTS) is 1. The fraction of sp³-hybridized carbons (Fsp3) is 0.667. The number of carboxylic acids is 1. The summed E-state index contributed by atoms with van der Waals surface area (Å²) in [5.41, 5.74) is 0.0212. The molecule has 0 unspecified atom stereocenters. The van der Waals surface area contributed by atoms with Crippen LogP contribution in [0.1, 0.15) is 19.3 Å². The summed E-state index contributed by atoms with van der Waals surface area (Å²) in [6, 6.07) is 0. The number of carbonyl (C=O) groups excluding carboxylic acids is 2. The van der Waals surface area contributed by atoms with Crippen LogP contribution in [0.5, 0.6) is 0 Å². The first-order chi connectivity index (χ1) is 10.0. The van der Waals surface area contributed by atoms with Crippen LogP contribution >= 0.6 is 0 Å². The highest BCUT2D eigenvalue weighted by atomic mass is 16.5. The summed E-state index contributed by atoms with van der Waals surface area (Å²) in [5.74, 6) is -2.69. The molecule has 3 aliphatic rings. The van der Waals surface area contributed by atoms with Gasteiger partial charge in [-0.3, -0.25) is 14.4 Å². The Kier molecular flexibility index (Phi) is 3.26. The summed E-state index contributed by atoms with van der Waals surface area (Å²) >= 11 is 0. The lowest BCUT2D eigenvalue weighted by atomic mass is 9.82. The van der Waals surface area contributed by atoms with E-state index in [9.17, 15) is 19.5 Å². The van der Waals surface area contributed by atoms with Crippen LogP contribution in [0.2, 0.25) is 0 Å². The number of carbonyl (C=O) groups is 3. The Hall–Kier alpha value is -1.85. The van der Waals surface area contributed by atoms with E-state index in [-0.39, 0.29) is 36.1 Å². The van der Waals surface area contributed by atoms with Crippen LogP contribution in [0, 0.1) is 29.1 Å². The summed E-state index contributed by atoms with van der Waals surface area (Å²) in [6.45, 7) is 0.183. The maximum Gasteiger partial charge on any atom is 0.307 e. The monoisotopic (exact) mass is 293 g/mol. The van der Waals surface area contributed by atoms with E-state index in [0.717, 1.165) is 12.8 Å². The van der Waals surface area contributed by atoms with Gasteiger partial charge in [0.05, 0.1) is 25.4 Å². The molecule has 2 bridgehead atoms. The summed E-state index contributed by atoms with van der Waals surface area (Å²) in [6.07, 6.45) is 6.11. The Balaban J connectivity index is 1.69. The molecule has 1 amide bonds. The maximum absolute atomic E-state index is 12.4. The summed E-state index contributed by atoms with van der Waals surface area (Å²) in [4.78, 5) is 35.0. The third-order valence-corrected chi connectivity index (χ3v) is 5.29. The van der Waals surface area contributed by atoms with E-state index >= 15 is 0 Å². The average Bonchev–Trinajstić information content (AvgIpc) is 3.12. The number of hydrogen-bond donors (Lipinski definition) is 2. The van der Waals surface area contributed by atoms with Gasteiger partial charge in [0.25, 0.3) is 0 Å². The molecule has 1 spiro atoms. The molecule has 2 N–H and O–H groups in total. The molecular formula is C15H19NO5. The maximum atomic E-state index is 12.4. The predicted octanol–water partition coefficient (Wildman–Crippen LogP) is 0.579. The van der Waals surface area contributed by atoms with Gasteiger partial charge >= 0.3 is 11.9 Å². The topological polar surface area (TPSA) is 92.7 Å². The molecule has 2 fully saturated rings. The molecule has 6 heteroatoms. The molecule has 0 radical (unpaired) electrons. The highest BCUT2D eigenvalue weighted by molar-refractivity contribution is 5.87. The lowest BCUT2D eigenvalue weighted by Gasteiger charge is -2.23. The van der Waals surface area contributed by atoms with Crippen LogP contribution in [0.25, 0.3) is 0 Å². The first-order valence-corrected chi connectivity index (χ1v) is 7.27. The molecule has 3 rings (SSSR count). The largest absolute Gasteiger partial charge is 0.481 e. The van der Waals surface area contributed by atoms with Crippen molar-refractivity contribution in [1.29, 1.82) is 0 Å². The van der Waals surface area contributed by atoms with Gasteiger partial charge in [0, 0.05) is 6.54 Å². The molecular weight excluding hydrogens is 274 g/mol. The lowest BCUT2D eigenvalue weighted by Crippen LogP contribution is -2.40. The van der Waals surface area contributed by atoms with Gasteiger partial charge in [0.15, 0.2) is 0 Å². The molecule has 2 saturated carbocycles. The Morgan fingerprint density at radius 2 is 1.86 bits per heavy atom. The van der Waals surface area contributed by atoms with Gasteiger partial charge in [0.2, 0.25) is 5.91 Å². The normalized spacial score (nSPS) is 34.0. The fourth-order valence-corrected chi connectivity index (χ4v) is 4.20. The fourth-order valence-electron chi connectivity index (χ4n) is 4.20. The van der Waals surface area contributed by atoms with Crippen molar-refractivity contribution in [2.45, 2.75) is 19.3 Å². The van der Waals surface area contributed by atoms with Gasteiger partial charge in [-0.25, -0.2) is 0 Å². The van der Waals surface area contributed by atoms with Crippen molar-refractivity contribution in [1.82, 2.24) is 5.32 Å². The van der Waals surface area contributed by atoms with Gasteiger partial charge in [-0.05, 0) is 30.1 Å². The minimum atomic E-state index is -0.897. The van der Waals surface area contributed by atoms with E-state index in [1.54, 1.807) is 0 Å². The molecule has 6 nitrogen and oxygen atoms in total. The number of allylic oxidation sites excluding steroid dienone is 2. The van der Waals surface area contributed by atoms with E-state index in [1.165, 1.54) is 7.11 Å². The van der Waals surface area contributed by atoms with E-state index in [0.29, 0.717) is 0 Å². The Morgan fingerprint density at radius 1 is 1.24 bits per heavy atom. The molecule has 114 valence electrons. The molecule has 0 aromatic carbocycles. The van der Waals surface area contributed by atoms with Crippen molar-refractivity contribution in [2.24, 2.45) is 29.1 Å². The second kappa shape index (κ2) is 4.86. The zero-order valence-corrected chi connectivity index (χ0v) is 11.9. The van der Waals surface area contributed by atoms with Crippen molar-refractivity contribution in [2.75, 3.05) is 13.7 Å². The number of methoxy groups -OCH3 is 1. The average molecular weight is 293 g/mol. The third-order valence-electron chi connectivity index (χ3n) is 5.29. The number of ether oxygens (including phenoxy) is 1. The van der Waals surface area contributed by atoms with Crippen LogP contribution in [-0.2, 0) is 19.1 Å². The van der Waals surface area contributed by atoms with Crippen LogP contribution in [0.15, 0.2) is 12.2 Å². The van der Waals surface area contributed by atoms with Crippen LogP contribution < -0.4 is 5.32 Å². The third kappa shape index (κ3) is 2.04.